The number of hydrogen-bond acceptors (Lipinski definition) is 2. The van der Waals surface area contributed by atoms with Gasteiger partial charge in [0.2, 0.25) is 0 Å². The van der Waals surface area contributed by atoms with E-state index in [4.69, 9.17) is 0 Å². The molecule has 0 heterocycles. The van der Waals surface area contributed by atoms with E-state index < -0.39 is 0 Å². The first-order valence-corrected chi connectivity index (χ1v) is 6.93. The van der Waals surface area contributed by atoms with Gasteiger partial charge in [0.1, 0.15) is 0 Å². The van der Waals surface area contributed by atoms with Crippen LogP contribution in [0.1, 0.15) is 53.4 Å². The van der Waals surface area contributed by atoms with E-state index in [1.54, 1.807) is 0 Å². The molecule has 1 fully saturated rings. The van der Waals surface area contributed by atoms with Crippen molar-refractivity contribution in [1.82, 2.24) is 5.32 Å². The summed E-state index contributed by atoms with van der Waals surface area (Å²) < 4.78 is 0. The summed E-state index contributed by atoms with van der Waals surface area (Å²) in [5.41, 5.74) is 0. The molecule has 4 unspecified atom stereocenters. The zero-order valence-corrected chi connectivity index (χ0v) is 11.4. The van der Waals surface area contributed by atoms with Crippen LogP contribution < -0.4 is 5.32 Å². The lowest BCUT2D eigenvalue weighted by atomic mass is 9.78. The molecule has 1 aliphatic rings. The van der Waals surface area contributed by atoms with Crippen molar-refractivity contribution in [3.63, 3.8) is 0 Å². The Labute approximate surface area is 101 Å². The molecule has 0 amide bonds. The summed E-state index contributed by atoms with van der Waals surface area (Å²) in [5.74, 6) is 2.01. The molecule has 0 saturated heterocycles. The second-order valence-electron chi connectivity index (χ2n) is 5.93. The Morgan fingerprint density at radius 1 is 1.25 bits per heavy atom. The maximum Gasteiger partial charge on any atom is 0.0575 e. The average molecular weight is 227 g/mol. The summed E-state index contributed by atoms with van der Waals surface area (Å²) in [7, 11) is 0. The molecule has 2 heteroatoms. The van der Waals surface area contributed by atoms with E-state index in [9.17, 15) is 5.11 Å². The number of hydrogen-bond donors (Lipinski definition) is 2. The van der Waals surface area contributed by atoms with E-state index in [2.05, 4.69) is 33.0 Å². The zero-order chi connectivity index (χ0) is 12.1. The smallest absolute Gasteiger partial charge is 0.0575 e. The Balaban J connectivity index is 2.21. The number of aliphatic hydroxyl groups is 1. The highest BCUT2D eigenvalue weighted by Crippen LogP contribution is 2.29. The lowest BCUT2D eigenvalue weighted by Gasteiger charge is -2.35. The number of nitrogens with one attached hydrogen (secondary N) is 1. The van der Waals surface area contributed by atoms with Crippen LogP contribution in [0.3, 0.4) is 0 Å². The summed E-state index contributed by atoms with van der Waals surface area (Å²) >= 11 is 0. The third kappa shape index (κ3) is 4.06. The van der Waals surface area contributed by atoms with Gasteiger partial charge in [-0.2, -0.15) is 0 Å². The van der Waals surface area contributed by atoms with Gasteiger partial charge in [-0.3, -0.25) is 0 Å². The fourth-order valence-corrected chi connectivity index (χ4v) is 2.62. The zero-order valence-electron chi connectivity index (χ0n) is 11.4. The molecule has 0 spiro atoms. The summed E-state index contributed by atoms with van der Waals surface area (Å²) in [6.45, 7) is 9.84. The summed E-state index contributed by atoms with van der Waals surface area (Å²) in [4.78, 5) is 0. The molecule has 0 aromatic rings. The highest BCUT2D eigenvalue weighted by Gasteiger charge is 2.26. The predicted octanol–water partition coefficient (Wildman–Crippen LogP) is 2.81. The first-order valence-electron chi connectivity index (χ1n) is 6.93. The Hall–Kier alpha value is -0.0800. The molecule has 1 aliphatic carbocycles. The second kappa shape index (κ2) is 6.61. The van der Waals surface area contributed by atoms with Crippen LogP contribution in [0, 0.1) is 17.8 Å². The fraction of sp³-hybridized carbons (Fsp3) is 1.00. The van der Waals surface area contributed by atoms with Crippen LogP contribution in [-0.4, -0.2) is 23.8 Å². The molecule has 96 valence electrons. The van der Waals surface area contributed by atoms with Gasteiger partial charge in [-0.25, -0.2) is 0 Å². The van der Waals surface area contributed by atoms with Crippen molar-refractivity contribution in [3.05, 3.63) is 0 Å². The van der Waals surface area contributed by atoms with E-state index >= 15 is 0 Å². The quantitative estimate of drug-likeness (QED) is 0.757. The second-order valence-corrected chi connectivity index (χ2v) is 5.93. The minimum absolute atomic E-state index is 0.149. The maximum absolute atomic E-state index is 9.73. The topological polar surface area (TPSA) is 32.3 Å². The van der Waals surface area contributed by atoms with Crippen molar-refractivity contribution < 1.29 is 5.11 Å². The number of aliphatic hydroxyl groups excluding tert-OH is 1. The predicted molar refractivity (Wildman–Crippen MR) is 69.4 cm³/mol. The average Bonchev–Trinajstić information content (AvgIpc) is 2.24. The molecular formula is C14H29NO. The molecule has 1 rings (SSSR count). The first kappa shape index (κ1) is 14.0. The van der Waals surface area contributed by atoms with Crippen molar-refractivity contribution in [2.75, 3.05) is 6.54 Å². The van der Waals surface area contributed by atoms with Gasteiger partial charge in [0, 0.05) is 6.04 Å². The van der Waals surface area contributed by atoms with E-state index in [1.165, 1.54) is 19.3 Å². The molecule has 4 atom stereocenters. The largest absolute Gasteiger partial charge is 0.393 e. The molecular weight excluding hydrogens is 198 g/mol. The third-order valence-corrected chi connectivity index (χ3v) is 4.32. The highest BCUT2D eigenvalue weighted by atomic mass is 16.3. The van der Waals surface area contributed by atoms with Crippen molar-refractivity contribution >= 4 is 0 Å². The van der Waals surface area contributed by atoms with Gasteiger partial charge in [-0.05, 0) is 37.1 Å². The van der Waals surface area contributed by atoms with Crippen molar-refractivity contribution in [1.29, 1.82) is 0 Å². The summed E-state index contributed by atoms with van der Waals surface area (Å²) in [6, 6.07) is 0.670. The van der Waals surface area contributed by atoms with E-state index in [1.807, 2.05) is 0 Å². The summed E-state index contributed by atoms with van der Waals surface area (Å²) in [5, 5.41) is 13.4. The van der Waals surface area contributed by atoms with Gasteiger partial charge in [-0.15, -0.1) is 0 Å². The molecule has 2 nitrogen and oxygen atoms in total. The van der Waals surface area contributed by atoms with Crippen molar-refractivity contribution in [2.45, 2.75) is 65.5 Å². The molecule has 0 aliphatic heterocycles. The van der Waals surface area contributed by atoms with Crippen LogP contribution in [0.4, 0.5) is 0 Å². The Morgan fingerprint density at radius 3 is 2.56 bits per heavy atom. The molecule has 0 aromatic carbocycles. The van der Waals surface area contributed by atoms with E-state index in [0.29, 0.717) is 12.0 Å². The molecule has 0 radical (unpaired) electrons. The first-order chi connectivity index (χ1) is 7.52. The molecule has 0 bridgehead atoms. The molecule has 1 saturated carbocycles. The van der Waals surface area contributed by atoms with Gasteiger partial charge >= 0.3 is 0 Å². The van der Waals surface area contributed by atoms with E-state index in [-0.39, 0.29) is 6.10 Å². The van der Waals surface area contributed by atoms with Crippen LogP contribution >= 0.6 is 0 Å². The monoisotopic (exact) mass is 227 g/mol. The van der Waals surface area contributed by atoms with Crippen LogP contribution in [0.5, 0.6) is 0 Å². The normalized spacial score (nSPS) is 33.0. The molecule has 16 heavy (non-hydrogen) atoms. The standard InChI is InChI=1S/C14H29NO/c1-10(2)14(16)8-9-15-13-7-5-6-11(3)12(13)4/h10-16H,5-9H2,1-4H3. The van der Waals surface area contributed by atoms with Gasteiger partial charge in [-0.1, -0.05) is 40.5 Å². The molecule has 0 aromatic heterocycles. The van der Waals surface area contributed by atoms with Crippen molar-refractivity contribution in [2.24, 2.45) is 17.8 Å². The minimum atomic E-state index is -0.149. The lowest BCUT2D eigenvalue weighted by molar-refractivity contribution is 0.111. The van der Waals surface area contributed by atoms with Gasteiger partial charge in [0.05, 0.1) is 6.10 Å². The molecule has 2 N–H and O–H groups in total. The Morgan fingerprint density at radius 2 is 1.94 bits per heavy atom. The fourth-order valence-electron chi connectivity index (χ4n) is 2.62. The Kier molecular flexibility index (Phi) is 5.77. The van der Waals surface area contributed by atoms with Gasteiger partial charge in [0.25, 0.3) is 0 Å². The summed E-state index contributed by atoms with van der Waals surface area (Å²) in [6.07, 6.45) is 4.78. The van der Waals surface area contributed by atoms with Crippen LogP contribution in [0.15, 0.2) is 0 Å². The van der Waals surface area contributed by atoms with Crippen LogP contribution in [0.2, 0.25) is 0 Å². The number of rotatable bonds is 5. The van der Waals surface area contributed by atoms with Gasteiger partial charge in [0.15, 0.2) is 0 Å². The third-order valence-electron chi connectivity index (χ3n) is 4.32. The van der Waals surface area contributed by atoms with E-state index in [0.717, 1.165) is 24.8 Å². The SMILES string of the molecule is CC(C)C(O)CCNC1CCCC(C)C1C. The maximum atomic E-state index is 9.73. The van der Waals surface area contributed by atoms with Crippen LogP contribution in [-0.2, 0) is 0 Å². The van der Waals surface area contributed by atoms with Gasteiger partial charge < -0.3 is 10.4 Å². The minimum Gasteiger partial charge on any atom is -0.393 e. The van der Waals surface area contributed by atoms with Crippen LogP contribution in [0.25, 0.3) is 0 Å². The van der Waals surface area contributed by atoms with Crippen molar-refractivity contribution in [3.8, 4) is 0 Å². The lowest BCUT2D eigenvalue weighted by Crippen LogP contribution is -2.41. The highest BCUT2D eigenvalue weighted by molar-refractivity contribution is 4.82. The Bertz CT molecular complexity index is 193.